The Labute approximate surface area is 223 Å². The number of nitrogens with zero attached hydrogens (tertiary/aromatic N) is 1. The second kappa shape index (κ2) is 13.8. The van der Waals surface area contributed by atoms with Crippen LogP contribution in [-0.4, -0.2) is 80.5 Å². The summed E-state index contributed by atoms with van der Waals surface area (Å²) >= 11 is 0. The van der Waals surface area contributed by atoms with E-state index in [4.69, 9.17) is 28.4 Å². The molecule has 1 aliphatic carbocycles. The lowest BCUT2D eigenvalue weighted by atomic mass is 9.94. The Morgan fingerprint density at radius 2 is 1.92 bits per heavy atom. The summed E-state index contributed by atoms with van der Waals surface area (Å²) in [5.41, 5.74) is -0.292. The number of amides is 1. The van der Waals surface area contributed by atoms with Crippen molar-refractivity contribution in [2.75, 3.05) is 27.1 Å². The van der Waals surface area contributed by atoms with E-state index in [9.17, 15) is 27.6 Å². The van der Waals surface area contributed by atoms with E-state index in [1.165, 1.54) is 33.2 Å². The Balaban J connectivity index is 1.77. The van der Waals surface area contributed by atoms with Gasteiger partial charge in [-0.15, -0.1) is 0 Å². The molecule has 1 amide bonds. The van der Waals surface area contributed by atoms with Crippen molar-refractivity contribution in [3.8, 4) is 11.5 Å². The molecule has 0 radical (unpaired) electrons. The van der Waals surface area contributed by atoms with Gasteiger partial charge in [-0.05, 0) is 19.8 Å². The SMILES string of the molecule is COc1ccnc(C(=O)N[C@H]2COC[C@H](CC(F)(F)F)[C@@H](OC3CCCC3)[C@H](C)OC2=O)c1OCOC(C)=O. The summed E-state index contributed by atoms with van der Waals surface area (Å²) in [6, 6.07) is 0.0375. The van der Waals surface area contributed by atoms with Crippen molar-refractivity contribution in [2.24, 2.45) is 5.92 Å². The quantitative estimate of drug-likeness (QED) is 0.354. The van der Waals surface area contributed by atoms with Crippen LogP contribution in [0.1, 0.15) is 56.4 Å². The van der Waals surface area contributed by atoms with Gasteiger partial charge in [0, 0.05) is 25.1 Å². The van der Waals surface area contributed by atoms with Gasteiger partial charge in [0.05, 0.1) is 39.0 Å². The molecule has 1 N–H and O–H groups in total. The van der Waals surface area contributed by atoms with Gasteiger partial charge in [0.2, 0.25) is 6.79 Å². The van der Waals surface area contributed by atoms with Crippen LogP contribution in [0.25, 0.3) is 0 Å². The summed E-state index contributed by atoms with van der Waals surface area (Å²) < 4.78 is 72.5. The summed E-state index contributed by atoms with van der Waals surface area (Å²) in [6.45, 7) is 1.29. The fourth-order valence-corrected chi connectivity index (χ4v) is 4.55. The molecule has 4 atom stereocenters. The third-order valence-electron chi connectivity index (χ3n) is 6.35. The number of hydrogen-bond donors (Lipinski definition) is 1. The first-order valence-corrected chi connectivity index (χ1v) is 12.6. The zero-order valence-corrected chi connectivity index (χ0v) is 22.0. The van der Waals surface area contributed by atoms with E-state index in [-0.39, 0.29) is 29.9 Å². The van der Waals surface area contributed by atoms with Crippen molar-refractivity contribution >= 4 is 17.8 Å². The molecule has 1 saturated heterocycles. The van der Waals surface area contributed by atoms with E-state index in [0.29, 0.717) is 12.8 Å². The fourth-order valence-electron chi connectivity index (χ4n) is 4.55. The Bertz CT molecular complexity index is 1000. The number of hydrogen-bond acceptors (Lipinski definition) is 10. The van der Waals surface area contributed by atoms with Crippen LogP contribution in [0.3, 0.4) is 0 Å². The molecule has 218 valence electrons. The van der Waals surface area contributed by atoms with E-state index in [0.717, 1.165) is 12.8 Å². The molecule has 1 aliphatic heterocycles. The lowest BCUT2D eigenvalue weighted by Crippen LogP contribution is -2.47. The van der Waals surface area contributed by atoms with Crippen molar-refractivity contribution in [2.45, 2.75) is 76.5 Å². The first-order valence-electron chi connectivity index (χ1n) is 12.6. The minimum atomic E-state index is -4.49. The number of carbonyl (C=O) groups excluding carboxylic acids is 3. The van der Waals surface area contributed by atoms with Crippen LogP contribution in [0.2, 0.25) is 0 Å². The molecule has 0 spiro atoms. The topological polar surface area (TPSA) is 132 Å². The predicted molar refractivity (Wildman–Crippen MR) is 127 cm³/mol. The second-order valence-corrected chi connectivity index (χ2v) is 9.38. The van der Waals surface area contributed by atoms with E-state index in [1.807, 2.05) is 0 Å². The molecule has 1 aromatic rings. The van der Waals surface area contributed by atoms with Crippen molar-refractivity contribution in [1.82, 2.24) is 10.3 Å². The van der Waals surface area contributed by atoms with Gasteiger partial charge < -0.3 is 33.7 Å². The second-order valence-electron chi connectivity index (χ2n) is 9.38. The highest BCUT2D eigenvalue weighted by Gasteiger charge is 2.42. The van der Waals surface area contributed by atoms with Crippen molar-refractivity contribution in [3.63, 3.8) is 0 Å². The van der Waals surface area contributed by atoms with Crippen LogP contribution in [0.15, 0.2) is 12.3 Å². The molecule has 1 aromatic heterocycles. The van der Waals surface area contributed by atoms with E-state index in [2.05, 4.69) is 10.3 Å². The van der Waals surface area contributed by atoms with Crippen LogP contribution in [0.5, 0.6) is 11.5 Å². The minimum Gasteiger partial charge on any atom is -0.493 e. The lowest BCUT2D eigenvalue weighted by Gasteiger charge is -2.33. The number of pyridine rings is 1. The number of halogens is 3. The number of cyclic esters (lactones) is 1. The van der Waals surface area contributed by atoms with Gasteiger partial charge in [-0.3, -0.25) is 9.59 Å². The molecule has 0 aromatic carbocycles. The summed E-state index contributed by atoms with van der Waals surface area (Å²) in [4.78, 5) is 41.2. The predicted octanol–water partition coefficient (Wildman–Crippen LogP) is 2.95. The van der Waals surface area contributed by atoms with Gasteiger partial charge in [0.1, 0.15) is 6.10 Å². The molecule has 0 unspecified atom stereocenters. The van der Waals surface area contributed by atoms with E-state index >= 15 is 0 Å². The number of aromatic nitrogens is 1. The number of nitrogens with one attached hydrogen (secondary N) is 1. The fraction of sp³-hybridized carbons (Fsp3) is 0.680. The Morgan fingerprint density at radius 1 is 1.21 bits per heavy atom. The minimum absolute atomic E-state index is 0.103. The standard InChI is InChI=1S/C25H33F3N2O9/c1-14-21(39-17-6-4-5-7-17)16(10-25(26,27)28)11-35-12-18(24(33)38-14)30-23(32)20-22(37-13-36-15(2)31)19(34-3)8-9-29-20/h8-9,14,16-18,21H,4-7,10-13H2,1-3H3,(H,30,32)/t14-,16-,18-,21-/m0/s1. The van der Waals surface area contributed by atoms with Crippen LogP contribution in [-0.2, 0) is 28.5 Å². The number of alkyl halides is 3. The maximum atomic E-state index is 13.4. The Morgan fingerprint density at radius 3 is 2.56 bits per heavy atom. The molecule has 3 rings (SSSR count). The average molecular weight is 563 g/mol. The van der Waals surface area contributed by atoms with Crippen LogP contribution >= 0.6 is 0 Å². The summed E-state index contributed by atoms with van der Waals surface area (Å²) in [6.07, 6.45) is -3.48. The third kappa shape index (κ3) is 8.95. The summed E-state index contributed by atoms with van der Waals surface area (Å²) in [5, 5.41) is 2.44. The monoisotopic (exact) mass is 562 g/mol. The number of rotatable bonds is 9. The molecule has 39 heavy (non-hydrogen) atoms. The molecule has 0 bridgehead atoms. The van der Waals surface area contributed by atoms with Crippen LogP contribution in [0, 0.1) is 5.92 Å². The first-order chi connectivity index (χ1) is 18.5. The van der Waals surface area contributed by atoms with E-state index in [1.54, 1.807) is 0 Å². The molecule has 1 saturated carbocycles. The highest BCUT2D eigenvalue weighted by atomic mass is 19.4. The lowest BCUT2D eigenvalue weighted by molar-refractivity contribution is -0.184. The summed E-state index contributed by atoms with van der Waals surface area (Å²) in [7, 11) is 1.32. The van der Waals surface area contributed by atoms with Crippen LogP contribution < -0.4 is 14.8 Å². The van der Waals surface area contributed by atoms with Crippen LogP contribution in [0.4, 0.5) is 13.2 Å². The van der Waals surface area contributed by atoms with Gasteiger partial charge >= 0.3 is 18.1 Å². The third-order valence-corrected chi connectivity index (χ3v) is 6.35. The van der Waals surface area contributed by atoms with Crippen molar-refractivity contribution in [3.05, 3.63) is 18.0 Å². The van der Waals surface area contributed by atoms with Gasteiger partial charge in [0.25, 0.3) is 5.91 Å². The Kier molecular flexibility index (Phi) is 10.7. The molecule has 2 fully saturated rings. The average Bonchev–Trinajstić information content (AvgIpc) is 3.38. The smallest absolute Gasteiger partial charge is 0.389 e. The maximum absolute atomic E-state index is 13.4. The highest BCUT2D eigenvalue weighted by Crippen LogP contribution is 2.34. The molecular formula is C25H33F3N2O9. The number of ether oxygens (including phenoxy) is 6. The molecule has 2 aliphatic rings. The highest BCUT2D eigenvalue weighted by molar-refractivity contribution is 5.98. The van der Waals surface area contributed by atoms with Gasteiger partial charge in [-0.2, -0.15) is 13.2 Å². The molecule has 14 heteroatoms. The van der Waals surface area contributed by atoms with Crippen molar-refractivity contribution < 1.29 is 56.0 Å². The summed E-state index contributed by atoms with van der Waals surface area (Å²) in [5.74, 6) is -3.58. The largest absolute Gasteiger partial charge is 0.493 e. The first kappa shape index (κ1) is 30.4. The van der Waals surface area contributed by atoms with Gasteiger partial charge in [-0.25, -0.2) is 9.78 Å². The van der Waals surface area contributed by atoms with Gasteiger partial charge in [0.15, 0.2) is 23.2 Å². The Hall–Kier alpha value is -3.13. The molecular weight excluding hydrogens is 529 g/mol. The zero-order valence-electron chi connectivity index (χ0n) is 22.0. The van der Waals surface area contributed by atoms with E-state index < -0.39 is 68.0 Å². The number of methoxy groups -OCH3 is 1. The number of esters is 2. The van der Waals surface area contributed by atoms with Gasteiger partial charge in [-0.1, -0.05) is 12.8 Å². The zero-order chi connectivity index (χ0) is 28.6. The number of carbonyl (C=O) groups is 3. The maximum Gasteiger partial charge on any atom is 0.389 e. The molecule has 2 heterocycles. The normalized spacial score (nSPS) is 24.6. The molecule has 11 nitrogen and oxygen atoms in total. The van der Waals surface area contributed by atoms with Crippen molar-refractivity contribution in [1.29, 1.82) is 0 Å².